The van der Waals surface area contributed by atoms with Gasteiger partial charge in [-0.05, 0) is 19.8 Å². The van der Waals surface area contributed by atoms with Crippen LogP contribution in [0.15, 0.2) is 25.3 Å². The molecule has 3 aliphatic heterocycles. The van der Waals surface area contributed by atoms with E-state index in [9.17, 15) is 19.5 Å². The van der Waals surface area contributed by atoms with Gasteiger partial charge in [0.1, 0.15) is 6.04 Å². The summed E-state index contributed by atoms with van der Waals surface area (Å²) in [4.78, 5) is 46.6. The van der Waals surface area contributed by atoms with Crippen LogP contribution < -0.4 is 0 Å². The number of aliphatic hydroxyl groups is 1. The number of likely N-dealkylation sites (N-methyl/N-ethyl adjacent to an activating group) is 1. The van der Waals surface area contributed by atoms with Crippen molar-refractivity contribution in [3.8, 4) is 0 Å². The Balaban J connectivity index is 2.04. The third kappa shape index (κ3) is 4.48. The van der Waals surface area contributed by atoms with Crippen LogP contribution in [0.4, 0.5) is 0 Å². The summed E-state index contributed by atoms with van der Waals surface area (Å²) in [6.45, 7) is 12.6. The lowest BCUT2D eigenvalue weighted by atomic mass is 9.70. The highest BCUT2D eigenvalue weighted by Gasteiger charge is 2.76. The summed E-state index contributed by atoms with van der Waals surface area (Å²) in [7, 11) is 1.73. The molecule has 7 nitrogen and oxygen atoms in total. The number of likely N-dealkylation sites (tertiary alicyclic amines) is 1. The fourth-order valence-corrected chi connectivity index (χ4v) is 9.49. The molecular formula is C25H38BrN3O4S. The van der Waals surface area contributed by atoms with Gasteiger partial charge in [-0.3, -0.25) is 14.4 Å². The first-order chi connectivity index (χ1) is 16.2. The van der Waals surface area contributed by atoms with Crippen molar-refractivity contribution in [2.24, 2.45) is 11.8 Å². The van der Waals surface area contributed by atoms with Crippen LogP contribution in [-0.4, -0.2) is 97.7 Å². The van der Waals surface area contributed by atoms with E-state index in [0.29, 0.717) is 26.1 Å². The Hall–Kier alpha value is -1.32. The minimum atomic E-state index is -0.716. The number of alkyl halides is 1. The van der Waals surface area contributed by atoms with Crippen molar-refractivity contribution < 1.29 is 19.5 Å². The molecule has 0 aromatic rings. The van der Waals surface area contributed by atoms with E-state index < -0.39 is 28.7 Å². The van der Waals surface area contributed by atoms with Gasteiger partial charge >= 0.3 is 0 Å². The van der Waals surface area contributed by atoms with Gasteiger partial charge in [-0.15, -0.1) is 24.9 Å². The standard InChI is InChI=1S/C25H38BrN3O4S/c1-6-9-10-13-28(12-8-3)24(33)21-25-14-17(26)20(34-25)18(22(31)27(5)11-7-2)19(25)23(32)29(21)16(4)15-30/h7-8,16-21,30H,2-3,6,9-15H2,1,4-5H3/t16-,17?,18+,19+,20+,21?,25?/m1/s1. The average Bonchev–Trinajstić information content (AvgIpc) is 3.40. The number of unbranched alkanes of at least 4 members (excludes halogenated alkanes) is 2. The summed E-state index contributed by atoms with van der Waals surface area (Å²) in [5.41, 5.74) is 0. The van der Waals surface area contributed by atoms with Gasteiger partial charge in [0, 0.05) is 36.8 Å². The van der Waals surface area contributed by atoms with Crippen molar-refractivity contribution in [2.45, 2.75) is 66.4 Å². The molecule has 2 bridgehead atoms. The predicted molar refractivity (Wildman–Crippen MR) is 140 cm³/mol. The molecule has 34 heavy (non-hydrogen) atoms. The highest BCUT2D eigenvalue weighted by Crippen LogP contribution is 2.68. The number of halogens is 1. The molecule has 0 saturated carbocycles. The van der Waals surface area contributed by atoms with Crippen molar-refractivity contribution in [2.75, 3.05) is 33.3 Å². The normalized spacial score (nSPS) is 32.4. The first kappa shape index (κ1) is 27.3. The Bertz CT molecular complexity index is 826. The molecule has 9 heteroatoms. The predicted octanol–water partition coefficient (Wildman–Crippen LogP) is 2.68. The van der Waals surface area contributed by atoms with Crippen LogP contribution in [0.25, 0.3) is 0 Å². The Morgan fingerprint density at radius 1 is 1.29 bits per heavy atom. The number of amides is 3. The molecule has 3 amide bonds. The van der Waals surface area contributed by atoms with E-state index in [1.807, 2.05) is 0 Å². The zero-order valence-corrected chi connectivity index (χ0v) is 22.9. The SMILES string of the molecule is C=CCN(C)C(=O)[C@H]1[C@H]2C(=O)N([C@H](C)CO)C(C(=O)N(CC=C)CCCCC)C23CC(Br)[C@@H]1S3. The molecular weight excluding hydrogens is 518 g/mol. The summed E-state index contributed by atoms with van der Waals surface area (Å²) in [5, 5.41) is 9.93. The Labute approximate surface area is 216 Å². The van der Waals surface area contributed by atoms with Crippen molar-refractivity contribution in [1.82, 2.24) is 14.7 Å². The zero-order chi connectivity index (χ0) is 25.2. The maximum atomic E-state index is 14.1. The highest BCUT2D eigenvalue weighted by atomic mass is 79.9. The lowest BCUT2D eigenvalue weighted by molar-refractivity contribution is -0.146. The van der Waals surface area contributed by atoms with Crippen molar-refractivity contribution in [1.29, 1.82) is 0 Å². The van der Waals surface area contributed by atoms with Crippen LogP contribution in [0.2, 0.25) is 0 Å². The fourth-order valence-electron chi connectivity index (χ4n) is 5.90. The Morgan fingerprint density at radius 2 is 1.97 bits per heavy atom. The van der Waals surface area contributed by atoms with Gasteiger partial charge in [0.15, 0.2) is 0 Å². The largest absolute Gasteiger partial charge is 0.394 e. The number of hydrogen-bond acceptors (Lipinski definition) is 5. The number of carbonyl (C=O) groups excluding carboxylic acids is 3. The second kappa shape index (κ2) is 11.2. The summed E-state index contributed by atoms with van der Waals surface area (Å²) in [6.07, 6.45) is 6.97. The summed E-state index contributed by atoms with van der Waals surface area (Å²) >= 11 is 5.41. The van der Waals surface area contributed by atoms with E-state index in [4.69, 9.17) is 0 Å². The van der Waals surface area contributed by atoms with Gasteiger partial charge in [-0.2, -0.15) is 0 Å². The highest BCUT2D eigenvalue weighted by molar-refractivity contribution is 9.09. The number of aliphatic hydroxyl groups excluding tert-OH is 1. The molecule has 0 radical (unpaired) electrons. The number of fused-ring (bicyclic) bond motifs is 1. The first-order valence-corrected chi connectivity index (χ1v) is 14.0. The fraction of sp³-hybridized carbons (Fsp3) is 0.720. The lowest BCUT2D eigenvalue weighted by Gasteiger charge is -2.39. The molecule has 0 aromatic heterocycles. The van der Waals surface area contributed by atoms with Crippen LogP contribution in [0.5, 0.6) is 0 Å². The molecule has 1 spiro atoms. The summed E-state index contributed by atoms with van der Waals surface area (Å²) in [5.74, 6) is -1.48. The third-order valence-corrected chi connectivity index (χ3v) is 10.7. The molecule has 190 valence electrons. The van der Waals surface area contributed by atoms with Gasteiger partial charge in [0.05, 0.1) is 29.2 Å². The minimum absolute atomic E-state index is 0.0280. The molecule has 3 heterocycles. The maximum absolute atomic E-state index is 14.1. The van der Waals surface area contributed by atoms with E-state index in [1.54, 1.807) is 52.6 Å². The second-order valence-electron chi connectivity index (χ2n) is 9.73. The molecule has 7 atom stereocenters. The molecule has 0 aliphatic carbocycles. The number of thioether (sulfide) groups is 1. The van der Waals surface area contributed by atoms with Gasteiger partial charge in [0.25, 0.3) is 0 Å². The third-order valence-electron chi connectivity index (χ3n) is 7.46. The van der Waals surface area contributed by atoms with Crippen LogP contribution in [0.1, 0.15) is 39.5 Å². The molecule has 3 rings (SSSR count). The lowest BCUT2D eigenvalue weighted by Crippen LogP contribution is -2.57. The molecule has 0 aromatic carbocycles. The number of rotatable bonds is 12. The van der Waals surface area contributed by atoms with E-state index in [2.05, 4.69) is 36.0 Å². The van der Waals surface area contributed by atoms with Crippen molar-refractivity contribution in [3.05, 3.63) is 25.3 Å². The molecule has 3 aliphatic rings. The molecule has 1 N–H and O–H groups in total. The van der Waals surface area contributed by atoms with Crippen LogP contribution >= 0.6 is 27.7 Å². The quantitative estimate of drug-likeness (QED) is 0.227. The van der Waals surface area contributed by atoms with E-state index in [0.717, 1.165) is 19.3 Å². The minimum Gasteiger partial charge on any atom is -0.394 e. The molecule has 3 saturated heterocycles. The average molecular weight is 557 g/mol. The van der Waals surface area contributed by atoms with Gasteiger partial charge < -0.3 is 19.8 Å². The number of carbonyl (C=O) groups is 3. The summed E-state index contributed by atoms with van der Waals surface area (Å²) < 4.78 is -0.698. The summed E-state index contributed by atoms with van der Waals surface area (Å²) in [6, 6.07) is -1.23. The first-order valence-electron chi connectivity index (χ1n) is 12.2. The zero-order valence-electron chi connectivity index (χ0n) is 20.5. The number of hydrogen-bond donors (Lipinski definition) is 1. The van der Waals surface area contributed by atoms with E-state index in [1.165, 1.54) is 0 Å². The van der Waals surface area contributed by atoms with Gasteiger partial charge in [-0.1, -0.05) is 47.8 Å². The smallest absolute Gasteiger partial charge is 0.247 e. The van der Waals surface area contributed by atoms with Crippen molar-refractivity contribution >= 4 is 45.4 Å². The topological polar surface area (TPSA) is 81.2 Å². The van der Waals surface area contributed by atoms with Crippen LogP contribution in [-0.2, 0) is 14.4 Å². The van der Waals surface area contributed by atoms with E-state index in [-0.39, 0.29) is 34.4 Å². The second-order valence-corrected chi connectivity index (χ2v) is 12.4. The van der Waals surface area contributed by atoms with Gasteiger partial charge in [0.2, 0.25) is 17.7 Å². The Morgan fingerprint density at radius 3 is 2.56 bits per heavy atom. The van der Waals surface area contributed by atoms with Crippen molar-refractivity contribution in [3.63, 3.8) is 0 Å². The molecule has 3 unspecified atom stereocenters. The van der Waals surface area contributed by atoms with Crippen LogP contribution in [0, 0.1) is 11.8 Å². The van der Waals surface area contributed by atoms with Crippen LogP contribution in [0.3, 0.4) is 0 Å². The van der Waals surface area contributed by atoms with E-state index >= 15 is 0 Å². The number of nitrogens with zero attached hydrogens (tertiary/aromatic N) is 3. The monoisotopic (exact) mass is 555 g/mol. The van der Waals surface area contributed by atoms with Gasteiger partial charge in [-0.25, -0.2) is 0 Å². The Kier molecular flexibility index (Phi) is 8.96. The molecule has 3 fully saturated rings. The maximum Gasteiger partial charge on any atom is 0.247 e.